The van der Waals surface area contributed by atoms with E-state index >= 15 is 0 Å². The summed E-state index contributed by atoms with van der Waals surface area (Å²) >= 11 is 0. The number of halogens is 3. The molecule has 23 heavy (non-hydrogen) atoms. The van der Waals surface area contributed by atoms with Crippen LogP contribution in [0.2, 0.25) is 0 Å². The maximum absolute atomic E-state index is 12.3. The van der Waals surface area contributed by atoms with Crippen LogP contribution in [-0.2, 0) is 11.3 Å². The van der Waals surface area contributed by atoms with Gasteiger partial charge in [0, 0.05) is 25.2 Å². The van der Waals surface area contributed by atoms with E-state index in [4.69, 9.17) is 5.73 Å². The van der Waals surface area contributed by atoms with E-state index in [1.54, 1.807) is 6.07 Å². The molecular weight excluding hydrogens is 315 g/mol. The van der Waals surface area contributed by atoms with Crippen molar-refractivity contribution in [3.05, 3.63) is 29.8 Å². The molecule has 2 rings (SSSR count). The van der Waals surface area contributed by atoms with Crippen LogP contribution >= 0.6 is 0 Å². The van der Waals surface area contributed by atoms with E-state index < -0.39 is 18.3 Å². The van der Waals surface area contributed by atoms with E-state index in [2.05, 4.69) is 10.1 Å². The monoisotopic (exact) mass is 331 g/mol. The van der Waals surface area contributed by atoms with Crippen molar-refractivity contribution in [3.8, 4) is 5.75 Å². The van der Waals surface area contributed by atoms with Crippen molar-refractivity contribution in [1.82, 2.24) is 10.2 Å². The van der Waals surface area contributed by atoms with Gasteiger partial charge in [-0.05, 0) is 12.5 Å². The van der Waals surface area contributed by atoms with Gasteiger partial charge in [-0.1, -0.05) is 18.2 Å². The number of nitrogens with one attached hydrogen (secondary N) is 1. The van der Waals surface area contributed by atoms with Gasteiger partial charge in [0.05, 0.1) is 5.92 Å². The zero-order valence-electron chi connectivity index (χ0n) is 12.1. The molecule has 1 aliphatic heterocycles. The third-order valence-corrected chi connectivity index (χ3v) is 3.51. The highest BCUT2D eigenvalue weighted by Crippen LogP contribution is 2.26. The summed E-state index contributed by atoms with van der Waals surface area (Å²) in [6.07, 6.45) is -4.32. The second kappa shape index (κ2) is 6.76. The SMILES string of the molecule is NC(=O)[C@H]1CCN(C(=O)NCc2ccccc2OC(F)(F)F)C1. The van der Waals surface area contributed by atoms with Crippen LogP contribution in [0, 0.1) is 5.92 Å². The Balaban J connectivity index is 1.94. The molecular formula is C14H16F3N3O3. The highest BCUT2D eigenvalue weighted by atomic mass is 19.4. The molecule has 0 aliphatic carbocycles. The molecule has 3 amide bonds. The number of primary amides is 1. The number of para-hydroxylation sites is 1. The van der Waals surface area contributed by atoms with Crippen LogP contribution in [-0.4, -0.2) is 36.3 Å². The topological polar surface area (TPSA) is 84.7 Å². The molecule has 1 fully saturated rings. The Hall–Kier alpha value is -2.45. The first-order valence-electron chi connectivity index (χ1n) is 6.92. The smallest absolute Gasteiger partial charge is 0.405 e. The molecule has 0 spiro atoms. The molecule has 1 aromatic rings. The average molecular weight is 331 g/mol. The van der Waals surface area contributed by atoms with E-state index in [0.29, 0.717) is 13.0 Å². The maximum atomic E-state index is 12.3. The van der Waals surface area contributed by atoms with E-state index in [9.17, 15) is 22.8 Å². The Morgan fingerprint density at radius 1 is 1.35 bits per heavy atom. The number of urea groups is 1. The lowest BCUT2D eigenvalue weighted by atomic mass is 10.1. The van der Waals surface area contributed by atoms with Gasteiger partial charge in [0.15, 0.2) is 0 Å². The van der Waals surface area contributed by atoms with Gasteiger partial charge in [0.1, 0.15) is 5.75 Å². The highest BCUT2D eigenvalue weighted by Gasteiger charge is 2.32. The van der Waals surface area contributed by atoms with Crippen molar-refractivity contribution >= 4 is 11.9 Å². The van der Waals surface area contributed by atoms with Gasteiger partial charge in [0.2, 0.25) is 5.91 Å². The number of nitrogens with two attached hydrogens (primary N) is 1. The lowest BCUT2D eigenvalue weighted by Gasteiger charge is -2.18. The number of carbonyl (C=O) groups is 2. The average Bonchev–Trinajstić information content (AvgIpc) is 2.94. The second-order valence-electron chi connectivity index (χ2n) is 5.15. The lowest BCUT2D eigenvalue weighted by molar-refractivity contribution is -0.274. The van der Waals surface area contributed by atoms with E-state index in [1.165, 1.54) is 23.1 Å². The van der Waals surface area contributed by atoms with Gasteiger partial charge in [0.25, 0.3) is 0 Å². The van der Waals surface area contributed by atoms with Gasteiger partial charge in [-0.15, -0.1) is 13.2 Å². The van der Waals surface area contributed by atoms with Crippen LogP contribution in [0.5, 0.6) is 5.75 Å². The first-order chi connectivity index (χ1) is 10.8. The van der Waals surface area contributed by atoms with Crippen LogP contribution in [0.3, 0.4) is 0 Å². The summed E-state index contributed by atoms with van der Waals surface area (Å²) in [7, 11) is 0. The van der Waals surface area contributed by atoms with Gasteiger partial charge in [-0.2, -0.15) is 0 Å². The number of rotatable bonds is 4. The number of amides is 3. The maximum Gasteiger partial charge on any atom is 0.573 e. The summed E-state index contributed by atoms with van der Waals surface area (Å²) in [4.78, 5) is 24.5. The van der Waals surface area contributed by atoms with Crippen LogP contribution in [0.15, 0.2) is 24.3 Å². The minimum absolute atomic E-state index is 0.122. The molecule has 6 nitrogen and oxygen atoms in total. The molecule has 126 valence electrons. The number of ether oxygens (including phenoxy) is 1. The Labute approximate surface area is 130 Å². The number of nitrogens with zero attached hydrogens (tertiary/aromatic N) is 1. The minimum atomic E-state index is -4.80. The molecule has 0 bridgehead atoms. The van der Waals surface area contributed by atoms with Gasteiger partial charge < -0.3 is 20.7 Å². The fraction of sp³-hybridized carbons (Fsp3) is 0.429. The van der Waals surface area contributed by atoms with Crippen molar-refractivity contribution in [2.75, 3.05) is 13.1 Å². The van der Waals surface area contributed by atoms with Gasteiger partial charge >= 0.3 is 12.4 Å². The van der Waals surface area contributed by atoms with Crippen molar-refractivity contribution in [1.29, 1.82) is 0 Å². The number of alkyl halides is 3. The fourth-order valence-electron chi connectivity index (χ4n) is 2.33. The first-order valence-corrected chi connectivity index (χ1v) is 6.92. The molecule has 1 saturated heterocycles. The van der Waals surface area contributed by atoms with Crippen molar-refractivity contribution in [2.24, 2.45) is 11.7 Å². The summed E-state index contributed by atoms with van der Waals surface area (Å²) in [5, 5.41) is 2.51. The number of likely N-dealkylation sites (tertiary alicyclic amines) is 1. The molecule has 3 N–H and O–H groups in total. The lowest BCUT2D eigenvalue weighted by Crippen LogP contribution is -2.39. The molecule has 1 heterocycles. The standard InChI is InChI=1S/C14H16F3N3O3/c15-14(16,17)23-11-4-2-1-3-9(11)7-19-13(22)20-6-5-10(8-20)12(18)21/h1-4,10H,5-8H2,(H2,18,21)(H,19,22)/t10-/m0/s1. The van der Waals surface area contributed by atoms with E-state index in [-0.39, 0.29) is 30.3 Å². The van der Waals surface area contributed by atoms with Crippen LogP contribution in [0.1, 0.15) is 12.0 Å². The van der Waals surface area contributed by atoms with Crippen molar-refractivity contribution in [3.63, 3.8) is 0 Å². The Bertz CT molecular complexity index is 592. The molecule has 1 aliphatic rings. The summed E-state index contributed by atoms with van der Waals surface area (Å²) < 4.78 is 40.9. The van der Waals surface area contributed by atoms with Crippen LogP contribution in [0.25, 0.3) is 0 Å². The molecule has 0 aromatic heterocycles. The van der Waals surface area contributed by atoms with E-state index in [1.807, 2.05) is 0 Å². The van der Waals surface area contributed by atoms with E-state index in [0.717, 1.165) is 0 Å². The Kier molecular flexibility index (Phi) is 4.97. The van der Waals surface area contributed by atoms with Crippen LogP contribution in [0.4, 0.5) is 18.0 Å². The summed E-state index contributed by atoms with van der Waals surface area (Å²) in [6.45, 7) is 0.463. The predicted molar refractivity (Wildman–Crippen MR) is 74.2 cm³/mol. The number of hydrogen-bond donors (Lipinski definition) is 2. The van der Waals surface area contributed by atoms with Crippen molar-refractivity contribution in [2.45, 2.75) is 19.3 Å². The number of hydrogen-bond acceptors (Lipinski definition) is 3. The zero-order valence-corrected chi connectivity index (χ0v) is 12.1. The first kappa shape index (κ1) is 16.9. The third kappa shape index (κ3) is 4.76. The quantitative estimate of drug-likeness (QED) is 0.879. The van der Waals surface area contributed by atoms with Crippen molar-refractivity contribution < 1.29 is 27.5 Å². The molecule has 0 saturated carbocycles. The second-order valence-corrected chi connectivity index (χ2v) is 5.15. The Morgan fingerprint density at radius 3 is 2.65 bits per heavy atom. The molecule has 0 radical (unpaired) electrons. The Morgan fingerprint density at radius 2 is 2.04 bits per heavy atom. The minimum Gasteiger partial charge on any atom is -0.405 e. The third-order valence-electron chi connectivity index (χ3n) is 3.51. The molecule has 1 atom stereocenters. The molecule has 0 unspecified atom stereocenters. The summed E-state index contributed by atoms with van der Waals surface area (Å²) in [5.41, 5.74) is 5.38. The predicted octanol–water partition coefficient (Wildman–Crippen LogP) is 1.60. The summed E-state index contributed by atoms with van der Waals surface area (Å²) in [5.74, 6) is -1.22. The fourth-order valence-corrected chi connectivity index (χ4v) is 2.33. The zero-order chi connectivity index (χ0) is 17.0. The number of benzene rings is 1. The molecule has 9 heteroatoms. The largest absolute Gasteiger partial charge is 0.573 e. The number of carbonyl (C=O) groups excluding carboxylic acids is 2. The van der Waals surface area contributed by atoms with Crippen LogP contribution < -0.4 is 15.8 Å². The summed E-state index contributed by atoms with van der Waals surface area (Å²) in [6, 6.07) is 5.09. The van der Waals surface area contributed by atoms with Gasteiger partial charge in [-0.3, -0.25) is 4.79 Å². The normalized spacial score (nSPS) is 17.9. The highest BCUT2D eigenvalue weighted by molar-refractivity contribution is 5.80. The molecule has 1 aromatic carbocycles. The van der Waals surface area contributed by atoms with Gasteiger partial charge in [-0.25, -0.2) is 4.79 Å².